The third-order valence-corrected chi connectivity index (χ3v) is 7.17. The number of aromatic nitrogens is 1. The van der Waals surface area contributed by atoms with E-state index in [1.807, 2.05) is 14.1 Å². The highest BCUT2D eigenvalue weighted by Gasteiger charge is 2.28. The number of benzene rings is 1. The Bertz CT molecular complexity index is 978. The van der Waals surface area contributed by atoms with E-state index in [0.717, 1.165) is 36.3 Å². The highest BCUT2D eigenvalue weighted by atomic mass is 35.5. The van der Waals surface area contributed by atoms with Gasteiger partial charge in [0.2, 0.25) is 0 Å². The lowest BCUT2D eigenvalue weighted by Crippen LogP contribution is -2.45. The van der Waals surface area contributed by atoms with Gasteiger partial charge < -0.3 is 10.2 Å². The van der Waals surface area contributed by atoms with Gasteiger partial charge in [-0.3, -0.25) is 4.72 Å². The SMILES string of the molecule is CC1=CC[C@H](Nc2cc(F)c(S(=O)(=O)Nc3nccs3)cc2Cl)[C@@H](N(C)C)C1. The first kappa shape index (κ1) is 21.0. The minimum atomic E-state index is -4.12. The Hall–Kier alpha value is -1.68. The molecule has 0 aliphatic heterocycles. The standard InChI is InChI=1S/C18H22ClFN4O2S2/c1-11-4-5-14(16(8-11)24(2)3)22-15-10-13(20)17(9-12(15)19)28(25,26)23-18-21-6-7-27-18/h4,6-7,9-10,14,16,22H,5,8H2,1-3H3,(H,21,23)/t14-,16-/m0/s1. The summed E-state index contributed by atoms with van der Waals surface area (Å²) in [6.07, 6.45) is 5.28. The zero-order chi connectivity index (χ0) is 20.5. The summed E-state index contributed by atoms with van der Waals surface area (Å²) < 4.78 is 41.9. The topological polar surface area (TPSA) is 74.3 Å². The van der Waals surface area contributed by atoms with Crippen molar-refractivity contribution in [1.82, 2.24) is 9.88 Å². The number of sulfonamides is 1. The van der Waals surface area contributed by atoms with Crippen molar-refractivity contribution in [2.24, 2.45) is 0 Å². The predicted octanol–water partition coefficient (Wildman–Crippen LogP) is 4.19. The van der Waals surface area contributed by atoms with Crippen molar-refractivity contribution in [2.75, 3.05) is 24.1 Å². The van der Waals surface area contributed by atoms with Gasteiger partial charge in [0.05, 0.1) is 10.7 Å². The molecule has 28 heavy (non-hydrogen) atoms. The smallest absolute Gasteiger partial charge is 0.266 e. The van der Waals surface area contributed by atoms with E-state index in [1.54, 1.807) is 5.38 Å². The monoisotopic (exact) mass is 444 g/mol. The Morgan fingerprint density at radius 2 is 2.11 bits per heavy atom. The van der Waals surface area contributed by atoms with Crippen molar-refractivity contribution in [3.63, 3.8) is 0 Å². The fourth-order valence-electron chi connectivity index (χ4n) is 3.23. The number of nitrogens with one attached hydrogen (secondary N) is 2. The van der Waals surface area contributed by atoms with Crippen LogP contribution in [0.3, 0.4) is 0 Å². The van der Waals surface area contributed by atoms with E-state index in [4.69, 9.17) is 11.6 Å². The number of halogens is 2. The summed E-state index contributed by atoms with van der Waals surface area (Å²) >= 11 is 7.41. The number of hydrogen-bond acceptors (Lipinski definition) is 6. The van der Waals surface area contributed by atoms with Crippen LogP contribution >= 0.6 is 22.9 Å². The molecule has 0 radical (unpaired) electrons. The summed E-state index contributed by atoms with van der Waals surface area (Å²) in [7, 11) is -0.125. The van der Waals surface area contributed by atoms with E-state index >= 15 is 0 Å². The Balaban J connectivity index is 1.86. The molecule has 3 rings (SSSR count). The third kappa shape index (κ3) is 4.65. The molecular formula is C18H22ClFN4O2S2. The van der Waals surface area contributed by atoms with Crippen molar-refractivity contribution in [3.8, 4) is 0 Å². The fourth-order valence-corrected chi connectivity index (χ4v) is 5.38. The van der Waals surface area contributed by atoms with Crippen molar-refractivity contribution >= 4 is 43.8 Å². The third-order valence-electron chi connectivity index (χ3n) is 4.69. The lowest BCUT2D eigenvalue weighted by atomic mass is 9.90. The molecule has 1 aliphatic rings. The largest absolute Gasteiger partial charge is 0.379 e. The highest BCUT2D eigenvalue weighted by molar-refractivity contribution is 7.93. The van der Waals surface area contributed by atoms with Crippen LogP contribution in [-0.2, 0) is 10.0 Å². The second-order valence-corrected chi connectivity index (χ2v) is 9.93. The second-order valence-electron chi connectivity index (χ2n) is 6.98. The Kier molecular flexibility index (Phi) is 6.28. The van der Waals surface area contributed by atoms with Gasteiger partial charge in [0, 0.05) is 23.7 Å². The van der Waals surface area contributed by atoms with E-state index in [2.05, 4.69) is 32.9 Å². The lowest BCUT2D eigenvalue weighted by Gasteiger charge is -2.36. The molecule has 152 valence electrons. The van der Waals surface area contributed by atoms with Gasteiger partial charge in [0.25, 0.3) is 10.0 Å². The van der Waals surface area contributed by atoms with Crippen molar-refractivity contribution in [3.05, 3.63) is 46.2 Å². The average Bonchev–Trinajstić information content (AvgIpc) is 3.11. The molecule has 0 fully saturated rings. The number of rotatable bonds is 6. The molecule has 0 saturated heterocycles. The van der Waals surface area contributed by atoms with Gasteiger partial charge in [0.1, 0.15) is 10.7 Å². The number of anilines is 2. The van der Waals surface area contributed by atoms with E-state index in [9.17, 15) is 12.8 Å². The molecule has 0 saturated carbocycles. The van der Waals surface area contributed by atoms with Crippen LogP contribution in [0, 0.1) is 5.82 Å². The van der Waals surface area contributed by atoms with Gasteiger partial charge >= 0.3 is 0 Å². The first-order valence-electron chi connectivity index (χ1n) is 8.67. The molecule has 0 spiro atoms. The van der Waals surface area contributed by atoms with Crippen LogP contribution in [-0.4, -0.2) is 44.5 Å². The molecule has 6 nitrogen and oxygen atoms in total. The molecule has 1 aromatic heterocycles. The molecule has 1 aliphatic carbocycles. The first-order valence-corrected chi connectivity index (χ1v) is 11.4. The normalized spacial score (nSPS) is 20.1. The Labute approximate surface area is 173 Å². The van der Waals surface area contributed by atoms with Crippen molar-refractivity contribution < 1.29 is 12.8 Å². The van der Waals surface area contributed by atoms with Crippen LogP contribution in [0.4, 0.5) is 15.2 Å². The van der Waals surface area contributed by atoms with E-state index in [-0.39, 0.29) is 22.2 Å². The molecule has 1 heterocycles. The Morgan fingerprint density at radius 3 is 2.75 bits per heavy atom. The maximum absolute atomic E-state index is 14.7. The molecule has 0 unspecified atom stereocenters. The second kappa shape index (κ2) is 8.36. The minimum Gasteiger partial charge on any atom is -0.379 e. The number of thiazole rings is 1. The number of hydrogen-bond donors (Lipinski definition) is 2. The predicted molar refractivity (Wildman–Crippen MR) is 112 cm³/mol. The molecule has 0 bridgehead atoms. The van der Waals surface area contributed by atoms with Crippen molar-refractivity contribution in [2.45, 2.75) is 36.7 Å². The number of nitrogens with zero attached hydrogens (tertiary/aromatic N) is 2. The summed E-state index contributed by atoms with van der Waals surface area (Å²) in [6, 6.07) is 2.52. The van der Waals surface area contributed by atoms with Crippen LogP contribution in [0.2, 0.25) is 5.02 Å². The van der Waals surface area contributed by atoms with E-state index in [0.29, 0.717) is 5.69 Å². The van der Waals surface area contributed by atoms with Gasteiger partial charge in [-0.25, -0.2) is 17.8 Å². The van der Waals surface area contributed by atoms with Gasteiger partial charge in [0.15, 0.2) is 5.13 Å². The number of likely N-dealkylation sites (N-methyl/N-ethyl adjacent to an activating group) is 1. The fraction of sp³-hybridized carbons (Fsp3) is 0.389. The Morgan fingerprint density at radius 1 is 1.36 bits per heavy atom. The molecule has 0 amide bonds. The zero-order valence-electron chi connectivity index (χ0n) is 15.7. The summed E-state index contributed by atoms with van der Waals surface area (Å²) in [4.78, 5) is 5.46. The van der Waals surface area contributed by atoms with Crippen LogP contribution in [0.25, 0.3) is 0 Å². The maximum Gasteiger partial charge on any atom is 0.266 e. The molecule has 2 aromatic rings. The van der Waals surface area contributed by atoms with Crippen molar-refractivity contribution in [1.29, 1.82) is 0 Å². The molecule has 2 atom stereocenters. The quantitative estimate of drug-likeness (QED) is 0.653. The minimum absolute atomic E-state index is 0.0338. The lowest BCUT2D eigenvalue weighted by molar-refractivity contribution is 0.253. The highest BCUT2D eigenvalue weighted by Crippen LogP contribution is 2.32. The van der Waals surface area contributed by atoms with Gasteiger partial charge in [-0.1, -0.05) is 23.3 Å². The molecular weight excluding hydrogens is 423 g/mol. The maximum atomic E-state index is 14.7. The average molecular weight is 445 g/mol. The molecule has 1 aromatic carbocycles. The van der Waals surface area contributed by atoms with Gasteiger partial charge in [-0.15, -0.1) is 11.3 Å². The molecule has 2 N–H and O–H groups in total. The van der Waals surface area contributed by atoms with Gasteiger partial charge in [-0.05, 0) is 46.0 Å². The van der Waals surface area contributed by atoms with E-state index < -0.39 is 20.7 Å². The summed E-state index contributed by atoms with van der Waals surface area (Å²) in [5, 5.41) is 5.21. The summed E-state index contributed by atoms with van der Waals surface area (Å²) in [6.45, 7) is 2.09. The van der Waals surface area contributed by atoms with Crippen LogP contribution in [0.1, 0.15) is 19.8 Å². The van der Waals surface area contributed by atoms with Crippen LogP contribution in [0.5, 0.6) is 0 Å². The first-order chi connectivity index (χ1) is 13.2. The van der Waals surface area contributed by atoms with Crippen LogP contribution < -0.4 is 10.0 Å². The zero-order valence-corrected chi connectivity index (χ0v) is 18.1. The van der Waals surface area contributed by atoms with E-state index in [1.165, 1.54) is 11.8 Å². The van der Waals surface area contributed by atoms with Gasteiger partial charge in [-0.2, -0.15) is 0 Å². The molecule has 10 heteroatoms. The summed E-state index contributed by atoms with van der Waals surface area (Å²) in [5.41, 5.74) is 1.68. The summed E-state index contributed by atoms with van der Waals surface area (Å²) in [5.74, 6) is -0.875. The van der Waals surface area contributed by atoms with Crippen LogP contribution in [0.15, 0.2) is 40.3 Å².